The van der Waals surface area contributed by atoms with E-state index in [0.29, 0.717) is 17.6 Å². The van der Waals surface area contributed by atoms with Gasteiger partial charge >= 0.3 is 0 Å². The molecule has 8 heteroatoms. The first kappa shape index (κ1) is 17.4. The number of halogens is 2. The highest BCUT2D eigenvalue weighted by Crippen LogP contribution is 2.24. The summed E-state index contributed by atoms with van der Waals surface area (Å²) in [6, 6.07) is 1.76. The van der Waals surface area contributed by atoms with Gasteiger partial charge in [-0.1, -0.05) is 13.3 Å². The van der Waals surface area contributed by atoms with Crippen LogP contribution in [0.1, 0.15) is 19.8 Å². The third-order valence-corrected chi connectivity index (χ3v) is 2.95. The molecule has 116 valence electrons. The number of aromatic nitrogens is 2. The molecule has 21 heavy (non-hydrogen) atoms. The molecule has 2 aromatic rings. The second-order valence-electron chi connectivity index (χ2n) is 4.53. The molecule has 0 saturated heterocycles. The predicted octanol–water partition coefficient (Wildman–Crippen LogP) is 2.18. The number of nitrogen functional groups attached to an aromatic ring is 1. The van der Waals surface area contributed by atoms with E-state index in [4.69, 9.17) is 5.73 Å². The number of rotatable bonds is 5. The minimum atomic E-state index is -0.992. The van der Waals surface area contributed by atoms with Crippen LogP contribution in [0.2, 0.25) is 0 Å². The van der Waals surface area contributed by atoms with Gasteiger partial charge in [0.2, 0.25) is 5.95 Å². The van der Waals surface area contributed by atoms with Crippen molar-refractivity contribution in [1.82, 2.24) is 9.97 Å². The third-order valence-electron chi connectivity index (χ3n) is 2.95. The Bertz CT molecular complexity index is 627. The predicted molar refractivity (Wildman–Crippen MR) is 83.7 cm³/mol. The van der Waals surface area contributed by atoms with E-state index in [-0.39, 0.29) is 37.6 Å². The van der Waals surface area contributed by atoms with Gasteiger partial charge in [-0.2, -0.15) is 18.5 Å². The summed E-state index contributed by atoms with van der Waals surface area (Å²) in [4.78, 5) is 7.87. The highest BCUT2D eigenvalue weighted by atomic mass is 32.1. The van der Waals surface area contributed by atoms with Crippen molar-refractivity contribution in [2.45, 2.75) is 25.8 Å². The van der Waals surface area contributed by atoms with Crippen LogP contribution in [0, 0.1) is 11.6 Å². The maximum absolute atomic E-state index is 13.4. The molecular weight excluding hydrogens is 298 g/mol. The topological polar surface area (TPSA) is 84.1 Å². The van der Waals surface area contributed by atoms with Crippen LogP contribution in [0.4, 0.5) is 20.5 Å². The van der Waals surface area contributed by atoms with Crippen molar-refractivity contribution in [2.75, 3.05) is 17.7 Å². The number of aliphatic hydroxyl groups is 1. The molecule has 0 bridgehead atoms. The maximum atomic E-state index is 13.4. The first-order valence-corrected chi connectivity index (χ1v) is 6.34. The lowest BCUT2D eigenvalue weighted by molar-refractivity contribution is 0.268. The van der Waals surface area contributed by atoms with Crippen molar-refractivity contribution in [3.8, 4) is 0 Å². The van der Waals surface area contributed by atoms with Crippen LogP contribution in [0.15, 0.2) is 12.1 Å². The first-order chi connectivity index (χ1) is 9.55. The average molecular weight is 316 g/mol. The van der Waals surface area contributed by atoms with Gasteiger partial charge in [-0.05, 0) is 12.5 Å². The van der Waals surface area contributed by atoms with Crippen LogP contribution in [0.25, 0.3) is 10.9 Å². The number of hydrogen-bond donors (Lipinski definition) is 3. The Morgan fingerprint density at radius 2 is 1.95 bits per heavy atom. The number of benzene rings is 1. The molecule has 0 saturated carbocycles. The number of aliphatic hydroxyl groups excluding tert-OH is 1. The van der Waals surface area contributed by atoms with Gasteiger partial charge in [0.05, 0.1) is 18.2 Å². The van der Waals surface area contributed by atoms with Gasteiger partial charge < -0.3 is 16.2 Å². The van der Waals surface area contributed by atoms with E-state index < -0.39 is 11.6 Å². The Labute approximate surface area is 128 Å². The molecule has 0 amide bonds. The fraction of sp³-hybridized carbons (Fsp3) is 0.385. The van der Waals surface area contributed by atoms with E-state index in [1.54, 1.807) is 0 Å². The molecule has 4 N–H and O–H groups in total. The van der Waals surface area contributed by atoms with E-state index in [1.165, 1.54) is 0 Å². The number of anilines is 2. The average Bonchev–Trinajstić information content (AvgIpc) is 2.40. The van der Waals surface area contributed by atoms with Crippen LogP contribution < -0.4 is 11.1 Å². The normalized spacial score (nSPS) is 12.0. The van der Waals surface area contributed by atoms with Gasteiger partial charge in [0.25, 0.3) is 0 Å². The van der Waals surface area contributed by atoms with Crippen LogP contribution in [0.5, 0.6) is 0 Å². The van der Waals surface area contributed by atoms with E-state index in [2.05, 4.69) is 15.3 Å². The van der Waals surface area contributed by atoms with Crippen molar-refractivity contribution < 1.29 is 13.9 Å². The zero-order chi connectivity index (χ0) is 14.7. The Balaban J connectivity index is 0.00000220. The molecule has 0 aliphatic carbocycles. The largest absolute Gasteiger partial charge is 0.394 e. The molecular formula is C13H18F2N4OS. The molecule has 0 radical (unpaired) electrons. The van der Waals surface area contributed by atoms with Gasteiger partial charge in [0.1, 0.15) is 5.82 Å². The number of nitrogens with zero attached hydrogens (tertiary/aromatic N) is 2. The fourth-order valence-electron chi connectivity index (χ4n) is 2.00. The maximum Gasteiger partial charge on any atom is 0.222 e. The lowest BCUT2D eigenvalue weighted by atomic mass is 10.1. The van der Waals surface area contributed by atoms with Crippen LogP contribution in [0.3, 0.4) is 0 Å². The molecule has 0 fully saturated rings. The van der Waals surface area contributed by atoms with E-state index in [9.17, 15) is 13.9 Å². The summed E-state index contributed by atoms with van der Waals surface area (Å²) in [5, 5.41) is 12.6. The van der Waals surface area contributed by atoms with Crippen LogP contribution in [-0.2, 0) is 0 Å². The molecule has 1 aromatic heterocycles. The number of nitrogens with two attached hydrogens (primary N) is 1. The third kappa shape index (κ3) is 3.92. The summed E-state index contributed by atoms with van der Waals surface area (Å²) in [6.07, 6.45) is 1.57. The van der Waals surface area contributed by atoms with Gasteiger partial charge in [0.15, 0.2) is 11.6 Å². The van der Waals surface area contributed by atoms with Crippen molar-refractivity contribution in [1.29, 1.82) is 0 Å². The number of fused-ring (bicyclic) bond motifs is 1. The standard InChI is InChI=1S/C13H16F2N4O.H2S/c1-2-3-7(6-20)17-12-8-4-9(14)10(15)5-11(8)18-13(16)19-12;/h4-5,7,20H,2-3,6H2,1H3,(H3,16,17,18,19);1H2/t7-;/m0./s1. The summed E-state index contributed by atoms with van der Waals surface area (Å²) in [6.45, 7) is 1.88. The van der Waals surface area contributed by atoms with Crippen molar-refractivity contribution in [2.24, 2.45) is 0 Å². The first-order valence-electron chi connectivity index (χ1n) is 6.34. The molecule has 0 spiro atoms. The van der Waals surface area contributed by atoms with Gasteiger partial charge in [-0.25, -0.2) is 13.8 Å². The van der Waals surface area contributed by atoms with Gasteiger partial charge in [-0.15, -0.1) is 0 Å². The second-order valence-corrected chi connectivity index (χ2v) is 4.53. The summed E-state index contributed by atoms with van der Waals surface area (Å²) in [5.41, 5.74) is 5.78. The fourth-order valence-corrected chi connectivity index (χ4v) is 2.00. The van der Waals surface area contributed by atoms with Crippen molar-refractivity contribution >= 4 is 36.2 Å². The highest BCUT2D eigenvalue weighted by Gasteiger charge is 2.14. The zero-order valence-corrected chi connectivity index (χ0v) is 12.5. The van der Waals surface area contributed by atoms with Crippen LogP contribution >= 0.6 is 13.5 Å². The Hall–Kier alpha value is -1.67. The quantitative estimate of drug-likeness (QED) is 0.787. The van der Waals surface area contributed by atoms with Crippen molar-refractivity contribution in [3.05, 3.63) is 23.8 Å². The Kier molecular flexibility index (Phi) is 6.10. The van der Waals surface area contributed by atoms with E-state index in [0.717, 1.165) is 18.6 Å². The number of nitrogens with one attached hydrogen (secondary N) is 1. The van der Waals surface area contributed by atoms with E-state index >= 15 is 0 Å². The zero-order valence-electron chi connectivity index (χ0n) is 11.5. The second kappa shape index (κ2) is 7.37. The smallest absolute Gasteiger partial charge is 0.222 e. The summed E-state index contributed by atoms with van der Waals surface area (Å²) < 4.78 is 26.6. The molecule has 1 aromatic carbocycles. The monoisotopic (exact) mass is 316 g/mol. The lowest BCUT2D eigenvalue weighted by Crippen LogP contribution is -2.24. The SMILES string of the molecule is CCC[C@@H](CO)Nc1nc(N)nc2cc(F)c(F)cc12.S. The highest BCUT2D eigenvalue weighted by molar-refractivity contribution is 7.59. The lowest BCUT2D eigenvalue weighted by Gasteiger charge is -2.17. The summed E-state index contributed by atoms with van der Waals surface area (Å²) in [5.74, 6) is -1.73. The molecule has 5 nitrogen and oxygen atoms in total. The molecule has 2 rings (SSSR count). The molecule has 1 heterocycles. The molecule has 1 atom stereocenters. The molecule has 0 unspecified atom stereocenters. The Morgan fingerprint density at radius 1 is 1.29 bits per heavy atom. The molecule has 0 aliphatic rings. The summed E-state index contributed by atoms with van der Waals surface area (Å²) >= 11 is 0. The van der Waals surface area contributed by atoms with Gasteiger partial charge in [0, 0.05) is 11.5 Å². The number of hydrogen-bond acceptors (Lipinski definition) is 5. The van der Waals surface area contributed by atoms with E-state index in [1.807, 2.05) is 6.92 Å². The van der Waals surface area contributed by atoms with Gasteiger partial charge in [-0.3, -0.25) is 0 Å². The minimum absolute atomic E-state index is 0. The van der Waals surface area contributed by atoms with Crippen LogP contribution in [-0.4, -0.2) is 27.7 Å². The summed E-state index contributed by atoms with van der Waals surface area (Å²) in [7, 11) is 0. The minimum Gasteiger partial charge on any atom is -0.394 e. The molecule has 0 aliphatic heterocycles. The van der Waals surface area contributed by atoms with Crippen molar-refractivity contribution in [3.63, 3.8) is 0 Å². The Morgan fingerprint density at radius 3 is 2.57 bits per heavy atom.